The van der Waals surface area contributed by atoms with Crippen LogP contribution in [0, 0.1) is 11.7 Å². The Labute approximate surface area is 184 Å². The topological polar surface area (TPSA) is 68.3 Å². The number of nitrogens with zero attached hydrogens (tertiary/aromatic N) is 2. The summed E-state index contributed by atoms with van der Waals surface area (Å²) in [5, 5.41) is 6.41. The molecule has 0 amide bonds. The highest BCUT2D eigenvalue weighted by molar-refractivity contribution is 9.10. The number of aromatic nitrogens is 2. The SMILES string of the molecule is [2H]C([2H])([2H])Oc1cc2c(Nc3ccc(Br)cc3F)ncnc2cc1OC([2H])([2H])C1CCNCC1. The van der Waals surface area contributed by atoms with Crippen molar-refractivity contribution in [2.24, 2.45) is 5.92 Å². The Balaban J connectivity index is 1.75. The van der Waals surface area contributed by atoms with Crippen molar-refractivity contribution < 1.29 is 20.7 Å². The van der Waals surface area contributed by atoms with E-state index in [4.69, 9.17) is 16.3 Å². The molecule has 0 unspecified atom stereocenters. The van der Waals surface area contributed by atoms with Gasteiger partial charge in [-0.2, -0.15) is 0 Å². The maximum Gasteiger partial charge on any atom is 0.163 e. The Kier molecular flexibility index (Phi) is 4.47. The lowest BCUT2D eigenvalue weighted by Gasteiger charge is -2.23. The van der Waals surface area contributed by atoms with E-state index in [0.717, 1.165) is 0 Å². The second kappa shape index (κ2) is 8.92. The zero-order valence-corrected chi connectivity index (χ0v) is 16.9. The average Bonchev–Trinajstić information content (AvgIpc) is 2.76. The molecular formula is C21H22BrFN4O2. The maximum absolute atomic E-state index is 14.4. The molecule has 0 atom stereocenters. The molecule has 2 N–H and O–H groups in total. The van der Waals surface area contributed by atoms with E-state index in [1.54, 1.807) is 6.07 Å². The number of halogens is 2. The summed E-state index contributed by atoms with van der Waals surface area (Å²) in [6.07, 6.45) is 2.41. The Morgan fingerprint density at radius 3 is 2.93 bits per heavy atom. The van der Waals surface area contributed by atoms with Crippen molar-refractivity contribution in [2.75, 3.05) is 32.0 Å². The van der Waals surface area contributed by atoms with Crippen LogP contribution in [-0.2, 0) is 0 Å². The highest BCUT2D eigenvalue weighted by Gasteiger charge is 2.17. The van der Waals surface area contributed by atoms with Gasteiger partial charge in [-0.15, -0.1) is 0 Å². The molecule has 0 spiro atoms. The first-order valence-electron chi connectivity index (χ1n) is 11.6. The number of nitrogens with one attached hydrogen (secondary N) is 2. The molecule has 3 aromatic rings. The van der Waals surface area contributed by atoms with Crippen molar-refractivity contribution in [3.8, 4) is 11.5 Å². The smallest absolute Gasteiger partial charge is 0.163 e. The molecule has 0 aliphatic carbocycles. The summed E-state index contributed by atoms with van der Waals surface area (Å²) < 4.78 is 65.3. The summed E-state index contributed by atoms with van der Waals surface area (Å²) in [6.45, 7) is -0.727. The van der Waals surface area contributed by atoms with Crippen LogP contribution in [0.5, 0.6) is 11.5 Å². The number of ether oxygens (including phenoxy) is 2. The second-order valence-electron chi connectivity index (χ2n) is 6.63. The van der Waals surface area contributed by atoms with Gasteiger partial charge in [-0.3, -0.25) is 0 Å². The van der Waals surface area contributed by atoms with Gasteiger partial charge < -0.3 is 20.1 Å². The molecule has 2 heterocycles. The van der Waals surface area contributed by atoms with Gasteiger partial charge in [0.15, 0.2) is 11.5 Å². The van der Waals surface area contributed by atoms with Gasteiger partial charge in [-0.1, -0.05) is 15.9 Å². The van der Waals surface area contributed by atoms with Crippen molar-refractivity contribution in [1.82, 2.24) is 15.3 Å². The van der Waals surface area contributed by atoms with Crippen molar-refractivity contribution >= 4 is 38.3 Å². The first-order chi connectivity index (χ1) is 16.0. The van der Waals surface area contributed by atoms with Gasteiger partial charge in [-0.25, -0.2) is 14.4 Å². The molecule has 0 radical (unpaired) electrons. The monoisotopic (exact) mass is 465 g/mol. The third-order valence-corrected chi connectivity index (χ3v) is 5.16. The van der Waals surface area contributed by atoms with Crippen LogP contribution in [0.15, 0.2) is 41.1 Å². The molecule has 1 aliphatic heterocycles. The van der Waals surface area contributed by atoms with Crippen LogP contribution in [0.2, 0.25) is 0 Å². The predicted octanol–water partition coefficient (Wildman–Crippen LogP) is 4.66. The first kappa shape index (κ1) is 14.5. The van der Waals surface area contributed by atoms with Crippen molar-refractivity contribution in [2.45, 2.75) is 12.8 Å². The lowest BCUT2D eigenvalue weighted by molar-refractivity contribution is 0.208. The summed E-state index contributed by atoms with van der Waals surface area (Å²) in [5.41, 5.74) is 0.494. The van der Waals surface area contributed by atoms with Gasteiger partial charge in [0.25, 0.3) is 0 Å². The lowest BCUT2D eigenvalue weighted by Crippen LogP contribution is -2.30. The van der Waals surface area contributed by atoms with Gasteiger partial charge in [0.05, 0.1) is 31.7 Å². The molecular weight excluding hydrogens is 439 g/mol. The summed E-state index contributed by atoms with van der Waals surface area (Å²) >= 11 is 3.21. The number of hydrogen-bond acceptors (Lipinski definition) is 6. The van der Waals surface area contributed by atoms with Gasteiger partial charge in [-0.05, 0) is 56.1 Å². The molecule has 1 fully saturated rings. The summed E-state index contributed by atoms with van der Waals surface area (Å²) in [7, 11) is -2.81. The standard InChI is InChI=1S/C21H22BrFN4O2/c1-28-19-9-15-18(10-20(19)29-11-13-4-6-24-7-5-13)25-12-26-21(15)27-17-3-2-14(22)8-16(17)23/h2-3,8-10,12-13,24H,4-7,11H2,1H3,(H,25,26,27)/i1D3,11D2. The largest absolute Gasteiger partial charge is 0.493 e. The molecule has 4 rings (SSSR count). The van der Waals surface area contributed by atoms with Crippen LogP contribution in [0.1, 0.15) is 19.7 Å². The number of fused-ring (bicyclic) bond motifs is 1. The first-order valence-corrected chi connectivity index (χ1v) is 9.91. The number of anilines is 2. The fourth-order valence-corrected chi connectivity index (χ4v) is 3.46. The third kappa shape index (κ3) is 4.59. The molecule has 1 saturated heterocycles. The van der Waals surface area contributed by atoms with E-state index in [-0.39, 0.29) is 28.9 Å². The van der Waals surface area contributed by atoms with Gasteiger partial charge in [0.2, 0.25) is 0 Å². The minimum Gasteiger partial charge on any atom is -0.493 e. The van der Waals surface area contributed by atoms with Crippen molar-refractivity contribution in [3.05, 3.63) is 46.9 Å². The van der Waals surface area contributed by atoms with E-state index in [0.29, 0.717) is 41.3 Å². The van der Waals surface area contributed by atoms with Crippen LogP contribution in [0.25, 0.3) is 10.9 Å². The predicted molar refractivity (Wildman–Crippen MR) is 115 cm³/mol. The number of hydrogen-bond donors (Lipinski definition) is 2. The Bertz CT molecular complexity index is 1190. The number of rotatable bonds is 6. The fourth-order valence-electron chi connectivity index (χ4n) is 3.13. The summed E-state index contributed by atoms with van der Waals surface area (Å²) in [6, 6.07) is 7.24. The van der Waals surface area contributed by atoms with Gasteiger partial charge in [0.1, 0.15) is 18.0 Å². The molecule has 1 aliphatic rings. The number of piperidine rings is 1. The maximum atomic E-state index is 14.4. The molecule has 6 nitrogen and oxygen atoms in total. The second-order valence-corrected chi connectivity index (χ2v) is 7.55. The third-order valence-electron chi connectivity index (χ3n) is 4.67. The zero-order valence-electron chi connectivity index (χ0n) is 20.3. The van der Waals surface area contributed by atoms with Crippen LogP contribution in [0.4, 0.5) is 15.9 Å². The fraction of sp³-hybridized carbons (Fsp3) is 0.333. The van der Waals surface area contributed by atoms with E-state index < -0.39 is 19.4 Å². The quantitative estimate of drug-likeness (QED) is 0.551. The number of methoxy groups -OCH3 is 1. The van der Waals surface area contributed by atoms with E-state index in [2.05, 4.69) is 36.5 Å². The lowest BCUT2D eigenvalue weighted by atomic mass is 9.99. The Morgan fingerprint density at radius 1 is 1.28 bits per heavy atom. The molecule has 0 saturated carbocycles. The molecule has 8 heteroatoms. The normalized spacial score (nSPS) is 18.2. The molecule has 152 valence electrons. The van der Waals surface area contributed by atoms with Crippen LogP contribution >= 0.6 is 15.9 Å². The zero-order chi connectivity index (χ0) is 24.5. The molecule has 0 bridgehead atoms. The van der Waals surface area contributed by atoms with Crippen LogP contribution in [-0.4, -0.2) is 36.7 Å². The Morgan fingerprint density at radius 2 is 2.14 bits per heavy atom. The highest BCUT2D eigenvalue weighted by Crippen LogP contribution is 2.35. The molecule has 2 aromatic carbocycles. The van der Waals surface area contributed by atoms with Gasteiger partial charge in [0, 0.05) is 15.9 Å². The highest BCUT2D eigenvalue weighted by atomic mass is 79.9. The molecule has 1 aromatic heterocycles. The number of benzene rings is 2. The minimum absolute atomic E-state index is 0.0911. The summed E-state index contributed by atoms with van der Waals surface area (Å²) in [5.74, 6) is -0.969. The van der Waals surface area contributed by atoms with E-state index in [1.807, 2.05) is 0 Å². The Hall–Kier alpha value is -2.45. The van der Waals surface area contributed by atoms with E-state index in [1.165, 1.54) is 30.6 Å². The summed E-state index contributed by atoms with van der Waals surface area (Å²) in [4.78, 5) is 8.36. The van der Waals surface area contributed by atoms with Crippen LogP contribution < -0.4 is 20.1 Å². The molecule has 29 heavy (non-hydrogen) atoms. The average molecular weight is 466 g/mol. The van der Waals surface area contributed by atoms with Crippen molar-refractivity contribution in [3.63, 3.8) is 0 Å². The van der Waals surface area contributed by atoms with E-state index >= 15 is 0 Å². The van der Waals surface area contributed by atoms with Crippen molar-refractivity contribution in [1.29, 1.82) is 0 Å². The van der Waals surface area contributed by atoms with Gasteiger partial charge >= 0.3 is 0 Å². The van der Waals surface area contributed by atoms with E-state index in [9.17, 15) is 4.39 Å². The minimum atomic E-state index is -2.81. The van der Waals surface area contributed by atoms with Crippen LogP contribution in [0.3, 0.4) is 0 Å².